The molecule has 1 aromatic rings. The maximum Gasteiger partial charge on any atom is 0.292 e. The van der Waals surface area contributed by atoms with Crippen molar-refractivity contribution >= 4 is 5.91 Å². The maximum atomic E-state index is 12.2. The highest BCUT2D eigenvalue weighted by Crippen LogP contribution is 2.11. The number of carbonyl (C=O) groups excluding carboxylic acids is 1. The minimum absolute atomic E-state index is 0.139. The molecule has 0 bridgehead atoms. The zero-order valence-electron chi connectivity index (χ0n) is 12.4. The SMILES string of the molecule is CNC(=O)COc1cccn(CCC2CCCCN2)c1=O. The van der Waals surface area contributed by atoms with Crippen LogP contribution in [-0.2, 0) is 11.3 Å². The van der Waals surface area contributed by atoms with Crippen LogP contribution in [0.5, 0.6) is 5.75 Å². The highest BCUT2D eigenvalue weighted by atomic mass is 16.5. The lowest BCUT2D eigenvalue weighted by Crippen LogP contribution is -2.35. The van der Waals surface area contributed by atoms with E-state index < -0.39 is 0 Å². The first-order chi connectivity index (χ1) is 10.2. The molecule has 1 aliphatic heterocycles. The van der Waals surface area contributed by atoms with Crippen molar-refractivity contribution < 1.29 is 9.53 Å². The lowest BCUT2D eigenvalue weighted by atomic mass is 10.0. The number of piperidine rings is 1. The number of rotatable bonds is 6. The van der Waals surface area contributed by atoms with Gasteiger partial charge < -0.3 is 19.9 Å². The average Bonchev–Trinajstić information content (AvgIpc) is 2.53. The first-order valence-electron chi connectivity index (χ1n) is 7.47. The summed E-state index contributed by atoms with van der Waals surface area (Å²) in [6.45, 7) is 1.59. The molecule has 2 rings (SSSR count). The highest BCUT2D eigenvalue weighted by Gasteiger charge is 2.13. The van der Waals surface area contributed by atoms with E-state index in [-0.39, 0.29) is 23.8 Å². The number of aryl methyl sites for hydroxylation is 1. The van der Waals surface area contributed by atoms with Crippen LogP contribution in [0.2, 0.25) is 0 Å². The van der Waals surface area contributed by atoms with E-state index in [0.29, 0.717) is 12.6 Å². The number of carbonyl (C=O) groups is 1. The fourth-order valence-electron chi connectivity index (χ4n) is 2.48. The minimum Gasteiger partial charge on any atom is -0.478 e. The number of likely N-dealkylation sites (N-methyl/N-ethyl adjacent to an activating group) is 1. The quantitative estimate of drug-likeness (QED) is 0.801. The van der Waals surface area contributed by atoms with Crippen molar-refractivity contribution in [1.29, 1.82) is 0 Å². The zero-order chi connectivity index (χ0) is 15.1. The number of amides is 1. The first-order valence-corrected chi connectivity index (χ1v) is 7.47. The van der Waals surface area contributed by atoms with Crippen molar-refractivity contribution in [1.82, 2.24) is 15.2 Å². The van der Waals surface area contributed by atoms with Crippen molar-refractivity contribution in [2.45, 2.75) is 38.3 Å². The summed E-state index contributed by atoms with van der Waals surface area (Å²) in [4.78, 5) is 23.4. The second-order valence-corrected chi connectivity index (χ2v) is 5.27. The van der Waals surface area contributed by atoms with E-state index in [1.54, 1.807) is 22.9 Å². The smallest absolute Gasteiger partial charge is 0.292 e. The van der Waals surface area contributed by atoms with Gasteiger partial charge in [-0.1, -0.05) is 6.42 Å². The molecular weight excluding hydrogens is 270 g/mol. The molecule has 1 saturated heterocycles. The Bertz CT molecular complexity index is 521. The van der Waals surface area contributed by atoms with Crippen LogP contribution in [0.15, 0.2) is 23.1 Å². The molecule has 0 aliphatic carbocycles. The molecule has 2 heterocycles. The highest BCUT2D eigenvalue weighted by molar-refractivity contribution is 5.77. The summed E-state index contributed by atoms with van der Waals surface area (Å²) in [6, 6.07) is 3.86. The predicted molar refractivity (Wildman–Crippen MR) is 80.5 cm³/mol. The van der Waals surface area contributed by atoms with Gasteiger partial charge in [-0.2, -0.15) is 0 Å². The van der Waals surface area contributed by atoms with E-state index in [1.165, 1.54) is 26.3 Å². The van der Waals surface area contributed by atoms with Gasteiger partial charge in [0, 0.05) is 25.8 Å². The third-order valence-corrected chi connectivity index (χ3v) is 3.75. The molecule has 1 fully saturated rings. The van der Waals surface area contributed by atoms with Crippen molar-refractivity contribution in [2.75, 3.05) is 20.2 Å². The van der Waals surface area contributed by atoms with Crippen molar-refractivity contribution in [2.24, 2.45) is 0 Å². The Balaban J connectivity index is 1.93. The molecular formula is C15H23N3O3. The summed E-state index contributed by atoms with van der Waals surface area (Å²) in [6.07, 6.45) is 6.35. The summed E-state index contributed by atoms with van der Waals surface area (Å²) in [5.74, 6) is -0.0334. The van der Waals surface area contributed by atoms with Crippen LogP contribution in [0, 0.1) is 0 Å². The monoisotopic (exact) mass is 293 g/mol. The predicted octanol–water partition coefficient (Wildman–Crippen LogP) is 0.505. The molecule has 0 radical (unpaired) electrons. The molecule has 116 valence electrons. The van der Waals surface area contributed by atoms with Gasteiger partial charge >= 0.3 is 0 Å². The molecule has 0 spiro atoms. The zero-order valence-corrected chi connectivity index (χ0v) is 12.4. The standard InChI is InChI=1S/C15H23N3O3/c1-16-14(19)11-21-13-6-4-9-18(15(13)20)10-7-12-5-2-3-8-17-12/h4,6,9,12,17H,2-3,5,7-8,10-11H2,1H3,(H,16,19). The van der Waals surface area contributed by atoms with E-state index >= 15 is 0 Å². The molecule has 1 amide bonds. The van der Waals surface area contributed by atoms with Crippen LogP contribution in [0.25, 0.3) is 0 Å². The third kappa shape index (κ3) is 4.60. The number of hydrogen-bond donors (Lipinski definition) is 2. The van der Waals surface area contributed by atoms with Crippen molar-refractivity contribution in [3.05, 3.63) is 28.7 Å². The van der Waals surface area contributed by atoms with E-state index in [1.807, 2.05) is 0 Å². The van der Waals surface area contributed by atoms with Crippen LogP contribution in [0.4, 0.5) is 0 Å². The summed E-state index contributed by atoms with van der Waals surface area (Å²) in [5, 5.41) is 5.93. The van der Waals surface area contributed by atoms with Gasteiger partial charge in [-0.05, 0) is 37.9 Å². The van der Waals surface area contributed by atoms with Gasteiger partial charge in [0.15, 0.2) is 12.4 Å². The Morgan fingerprint density at radius 2 is 2.38 bits per heavy atom. The minimum atomic E-state index is -0.254. The molecule has 0 saturated carbocycles. The van der Waals surface area contributed by atoms with E-state index in [0.717, 1.165) is 13.0 Å². The maximum absolute atomic E-state index is 12.2. The fourth-order valence-corrected chi connectivity index (χ4v) is 2.48. The summed E-state index contributed by atoms with van der Waals surface area (Å²) < 4.78 is 6.91. The summed E-state index contributed by atoms with van der Waals surface area (Å²) in [7, 11) is 1.53. The number of ether oxygens (including phenoxy) is 1. The molecule has 1 aliphatic rings. The number of nitrogens with zero attached hydrogens (tertiary/aromatic N) is 1. The van der Waals surface area contributed by atoms with Crippen LogP contribution >= 0.6 is 0 Å². The van der Waals surface area contributed by atoms with Gasteiger partial charge in [0.25, 0.3) is 11.5 Å². The Kier molecular flexibility index (Phi) is 5.80. The number of aromatic nitrogens is 1. The van der Waals surface area contributed by atoms with Gasteiger partial charge in [0.1, 0.15) is 0 Å². The molecule has 21 heavy (non-hydrogen) atoms. The molecule has 1 aromatic heterocycles. The normalized spacial score (nSPS) is 18.2. The first kappa shape index (κ1) is 15.6. The number of pyridine rings is 1. The van der Waals surface area contributed by atoms with Crippen molar-refractivity contribution in [3.8, 4) is 5.75 Å². The lowest BCUT2D eigenvalue weighted by Gasteiger charge is -2.23. The van der Waals surface area contributed by atoms with Crippen LogP contribution < -0.4 is 20.9 Å². The van der Waals surface area contributed by atoms with E-state index in [9.17, 15) is 9.59 Å². The second kappa shape index (κ2) is 7.83. The molecule has 0 aromatic carbocycles. The third-order valence-electron chi connectivity index (χ3n) is 3.75. The lowest BCUT2D eigenvalue weighted by molar-refractivity contribution is -0.122. The van der Waals surface area contributed by atoms with Gasteiger partial charge in [0.05, 0.1) is 0 Å². The van der Waals surface area contributed by atoms with E-state index in [2.05, 4.69) is 10.6 Å². The van der Waals surface area contributed by atoms with Crippen LogP contribution in [0.3, 0.4) is 0 Å². The topological polar surface area (TPSA) is 72.4 Å². The Hall–Kier alpha value is -1.82. The van der Waals surface area contributed by atoms with Crippen LogP contribution in [-0.4, -0.2) is 36.7 Å². The Morgan fingerprint density at radius 1 is 1.52 bits per heavy atom. The molecule has 6 nitrogen and oxygen atoms in total. The Morgan fingerprint density at radius 3 is 3.10 bits per heavy atom. The van der Waals surface area contributed by atoms with E-state index in [4.69, 9.17) is 4.74 Å². The molecule has 2 N–H and O–H groups in total. The average molecular weight is 293 g/mol. The van der Waals surface area contributed by atoms with Gasteiger partial charge in [-0.25, -0.2) is 0 Å². The molecule has 1 unspecified atom stereocenters. The van der Waals surface area contributed by atoms with Gasteiger partial charge in [-0.15, -0.1) is 0 Å². The number of nitrogens with one attached hydrogen (secondary N) is 2. The van der Waals surface area contributed by atoms with Gasteiger partial charge in [0.2, 0.25) is 0 Å². The molecule has 6 heteroatoms. The summed E-state index contributed by atoms with van der Waals surface area (Å²) >= 11 is 0. The van der Waals surface area contributed by atoms with Crippen LogP contribution in [0.1, 0.15) is 25.7 Å². The number of hydrogen-bond acceptors (Lipinski definition) is 4. The fraction of sp³-hybridized carbons (Fsp3) is 0.600. The largest absolute Gasteiger partial charge is 0.478 e. The van der Waals surface area contributed by atoms with Gasteiger partial charge in [-0.3, -0.25) is 9.59 Å². The Labute approximate surface area is 124 Å². The van der Waals surface area contributed by atoms with Crippen molar-refractivity contribution in [3.63, 3.8) is 0 Å². The molecule has 1 atom stereocenters. The second-order valence-electron chi connectivity index (χ2n) is 5.27. The summed E-state index contributed by atoms with van der Waals surface area (Å²) in [5.41, 5.74) is -0.183.